The highest BCUT2D eigenvalue weighted by atomic mass is 16.3. The van der Waals surface area contributed by atoms with Gasteiger partial charge in [-0.1, -0.05) is 17.7 Å². The van der Waals surface area contributed by atoms with E-state index in [-0.39, 0.29) is 13.2 Å². The van der Waals surface area contributed by atoms with Crippen LogP contribution in [-0.4, -0.2) is 29.9 Å². The van der Waals surface area contributed by atoms with Gasteiger partial charge in [-0.15, -0.1) is 0 Å². The first-order chi connectivity index (χ1) is 7.72. The van der Waals surface area contributed by atoms with Crippen LogP contribution in [0.5, 0.6) is 0 Å². The summed E-state index contributed by atoms with van der Waals surface area (Å²) in [6.07, 6.45) is 0.757. The topological polar surface area (TPSA) is 43.7 Å². The summed E-state index contributed by atoms with van der Waals surface area (Å²) in [6.45, 7) is 6.08. The fourth-order valence-corrected chi connectivity index (χ4v) is 1.86. The van der Waals surface area contributed by atoms with E-state index < -0.39 is 0 Å². The van der Waals surface area contributed by atoms with Crippen LogP contribution in [0.25, 0.3) is 0 Å². The maximum atomic E-state index is 9.34. The van der Waals surface area contributed by atoms with Gasteiger partial charge in [-0.3, -0.25) is 0 Å². The number of hydrogen-bond donors (Lipinski definition) is 2. The van der Waals surface area contributed by atoms with Crippen LogP contribution in [0.1, 0.15) is 24.5 Å². The Balaban J connectivity index is 2.90. The van der Waals surface area contributed by atoms with Gasteiger partial charge in [0.25, 0.3) is 0 Å². The van der Waals surface area contributed by atoms with Gasteiger partial charge in [0.1, 0.15) is 0 Å². The largest absolute Gasteiger partial charge is 0.396 e. The molecular formula is C13H21NO2. The van der Waals surface area contributed by atoms with E-state index in [9.17, 15) is 5.11 Å². The Labute approximate surface area is 97.3 Å². The average Bonchev–Trinajstić information content (AvgIpc) is 2.31. The Hall–Kier alpha value is -1.06. The smallest absolute Gasteiger partial charge is 0.0702 e. The molecule has 2 N–H and O–H groups in total. The van der Waals surface area contributed by atoms with Gasteiger partial charge in [-0.05, 0) is 26.3 Å². The molecule has 0 amide bonds. The molecule has 1 rings (SSSR count). The molecule has 0 heterocycles. The predicted octanol–water partition coefficient (Wildman–Crippen LogP) is 1.70. The van der Waals surface area contributed by atoms with Gasteiger partial charge in [-0.2, -0.15) is 0 Å². The lowest BCUT2D eigenvalue weighted by Gasteiger charge is -2.25. The van der Waals surface area contributed by atoms with Gasteiger partial charge in [0, 0.05) is 30.9 Å². The molecule has 0 aromatic heterocycles. The van der Waals surface area contributed by atoms with E-state index in [1.165, 1.54) is 0 Å². The summed E-state index contributed by atoms with van der Waals surface area (Å²) in [7, 11) is 0. The van der Waals surface area contributed by atoms with Gasteiger partial charge < -0.3 is 15.1 Å². The lowest BCUT2D eigenvalue weighted by Crippen LogP contribution is -2.25. The van der Waals surface area contributed by atoms with Crippen molar-refractivity contribution in [2.45, 2.75) is 26.9 Å². The van der Waals surface area contributed by atoms with Crippen LogP contribution in [0, 0.1) is 6.92 Å². The van der Waals surface area contributed by atoms with Crippen LogP contribution in [0.2, 0.25) is 0 Å². The molecule has 90 valence electrons. The Kier molecular flexibility index (Phi) is 5.29. The summed E-state index contributed by atoms with van der Waals surface area (Å²) < 4.78 is 0. The lowest BCUT2D eigenvalue weighted by atomic mass is 10.1. The van der Waals surface area contributed by atoms with Crippen LogP contribution >= 0.6 is 0 Å². The van der Waals surface area contributed by atoms with Crippen LogP contribution in [-0.2, 0) is 6.61 Å². The molecule has 0 saturated carbocycles. The zero-order valence-corrected chi connectivity index (χ0v) is 10.1. The Bertz CT molecular complexity index is 326. The van der Waals surface area contributed by atoms with Crippen LogP contribution < -0.4 is 4.90 Å². The van der Waals surface area contributed by atoms with Gasteiger partial charge in [0.15, 0.2) is 0 Å². The maximum absolute atomic E-state index is 9.34. The summed E-state index contributed by atoms with van der Waals surface area (Å²) in [5.74, 6) is 0. The molecule has 16 heavy (non-hydrogen) atoms. The van der Waals surface area contributed by atoms with E-state index in [0.717, 1.165) is 36.3 Å². The van der Waals surface area contributed by atoms with Crippen LogP contribution in [0.4, 0.5) is 5.69 Å². The molecule has 0 aliphatic heterocycles. The number of hydrogen-bond acceptors (Lipinski definition) is 3. The second kappa shape index (κ2) is 6.51. The zero-order chi connectivity index (χ0) is 12.0. The molecule has 0 bridgehead atoms. The predicted molar refractivity (Wildman–Crippen MR) is 66.7 cm³/mol. The van der Waals surface area contributed by atoms with Crippen LogP contribution in [0.15, 0.2) is 18.2 Å². The molecule has 0 radical (unpaired) electrons. The minimum absolute atomic E-state index is 0.0621. The van der Waals surface area contributed by atoms with E-state index in [1.54, 1.807) is 0 Å². The lowest BCUT2D eigenvalue weighted by molar-refractivity contribution is 0.281. The third kappa shape index (κ3) is 3.22. The molecule has 0 aliphatic rings. The van der Waals surface area contributed by atoms with E-state index in [1.807, 2.05) is 19.1 Å². The minimum Gasteiger partial charge on any atom is -0.396 e. The fourth-order valence-electron chi connectivity index (χ4n) is 1.86. The van der Waals surface area contributed by atoms with Crippen molar-refractivity contribution in [3.63, 3.8) is 0 Å². The maximum Gasteiger partial charge on any atom is 0.0702 e. The van der Waals surface area contributed by atoms with Crippen molar-refractivity contribution in [1.29, 1.82) is 0 Å². The second-order valence-electron chi connectivity index (χ2n) is 3.95. The molecule has 0 saturated heterocycles. The third-order valence-electron chi connectivity index (χ3n) is 2.71. The van der Waals surface area contributed by atoms with Crippen molar-refractivity contribution in [3.8, 4) is 0 Å². The van der Waals surface area contributed by atoms with E-state index >= 15 is 0 Å². The normalized spacial score (nSPS) is 10.5. The fraction of sp³-hybridized carbons (Fsp3) is 0.538. The number of benzene rings is 1. The minimum atomic E-state index is 0.0621. The highest BCUT2D eigenvalue weighted by molar-refractivity contribution is 5.54. The van der Waals surface area contributed by atoms with E-state index in [0.29, 0.717) is 0 Å². The summed E-state index contributed by atoms with van der Waals surface area (Å²) in [4.78, 5) is 2.18. The quantitative estimate of drug-likeness (QED) is 0.771. The molecule has 3 heteroatoms. The summed E-state index contributed by atoms with van der Waals surface area (Å²) in [5.41, 5.74) is 3.19. The van der Waals surface area contributed by atoms with Gasteiger partial charge >= 0.3 is 0 Å². The average molecular weight is 223 g/mol. The number of aliphatic hydroxyl groups is 2. The molecule has 1 aromatic carbocycles. The van der Waals surface area contributed by atoms with E-state index in [2.05, 4.69) is 17.9 Å². The number of aryl methyl sites for hydroxylation is 1. The third-order valence-corrected chi connectivity index (χ3v) is 2.71. The van der Waals surface area contributed by atoms with Gasteiger partial charge in [0.2, 0.25) is 0 Å². The second-order valence-corrected chi connectivity index (χ2v) is 3.95. The molecule has 1 aromatic rings. The number of aliphatic hydroxyl groups excluding tert-OH is 2. The van der Waals surface area contributed by atoms with Crippen molar-refractivity contribution < 1.29 is 10.2 Å². The van der Waals surface area contributed by atoms with Crippen molar-refractivity contribution >= 4 is 5.69 Å². The van der Waals surface area contributed by atoms with Gasteiger partial charge in [-0.25, -0.2) is 0 Å². The summed E-state index contributed by atoms with van der Waals surface area (Å²) in [6, 6.07) is 6.11. The molecule has 0 atom stereocenters. The highest BCUT2D eigenvalue weighted by Gasteiger charge is 2.08. The number of rotatable bonds is 6. The first-order valence-corrected chi connectivity index (χ1v) is 5.79. The standard InChI is InChI=1S/C13H21NO2/c1-3-14(7-4-8-15)13-6-5-11(2)9-12(13)10-16/h5-6,9,15-16H,3-4,7-8,10H2,1-2H3. The highest BCUT2D eigenvalue weighted by Crippen LogP contribution is 2.22. The summed E-state index contributed by atoms with van der Waals surface area (Å²) in [5, 5.41) is 18.2. The Morgan fingerprint density at radius 1 is 1.25 bits per heavy atom. The molecular weight excluding hydrogens is 202 g/mol. The van der Waals surface area contributed by atoms with Crippen molar-refractivity contribution in [1.82, 2.24) is 0 Å². The first-order valence-electron chi connectivity index (χ1n) is 5.79. The molecule has 0 aliphatic carbocycles. The molecule has 0 unspecified atom stereocenters. The van der Waals surface area contributed by atoms with Gasteiger partial charge in [0.05, 0.1) is 6.61 Å². The number of nitrogens with zero attached hydrogens (tertiary/aromatic N) is 1. The zero-order valence-electron chi connectivity index (χ0n) is 10.1. The Morgan fingerprint density at radius 2 is 2.00 bits per heavy atom. The van der Waals surface area contributed by atoms with Crippen molar-refractivity contribution in [2.75, 3.05) is 24.6 Å². The van der Waals surface area contributed by atoms with E-state index in [4.69, 9.17) is 5.11 Å². The molecule has 0 spiro atoms. The summed E-state index contributed by atoms with van der Waals surface area (Å²) >= 11 is 0. The number of anilines is 1. The van der Waals surface area contributed by atoms with Crippen molar-refractivity contribution in [2.24, 2.45) is 0 Å². The first kappa shape index (κ1) is 13.0. The molecule has 3 nitrogen and oxygen atoms in total. The SMILES string of the molecule is CCN(CCCO)c1ccc(C)cc1CO. The van der Waals surface area contributed by atoms with Crippen LogP contribution in [0.3, 0.4) is 0 Å². The monoisotopic (exact) mass is 223 g/mol. The van der Waals surface area contributed by atoms with Crippen molar-refractivity contribution in [3.05, 3.63) is 29.3 Å². The molecule has 0 fully saturated rings. The Morgan fingerprint density at radius 3 is 2.56 bits per heavy atom.